The monoisotopic (exact) mass is 324 g/mol. The van der Waals surface area contributed by atoms with Gasteiger partial charge in [0.05, 0.1) is 0 Å². The van der Waals surface area contributed by atoms with Crippen LogP contribution in [-0.2, 0) is 0 Å². The molecule has 5 atom stereocenters. The molecule has 5 rings (SSSR count). The Morgan fingerprint density at radius 3 is 2.42 bits per heavy atom. The number of hydrogen-bond acceptors (Lipinski definition) is 0. The molecule has 0 aromatic heterocycles. The van der Waals surface area contributed by atoms with Crippen LogP contribution in [0.1, 0.15) is 85.5 Å². The van der Waals surface area contributed by atoms with E-state index in [1.165, 1.54) is 63.4 Å². The van der Waals surface area contributed by atoms with Gasteiger partial charge in [0, 0.05) is 0 Å². The minimum Gasteiger partial charge on any atom is -0.0955 e. The van der Waals surface area contributed by atoms with Crippen LogP contribution in [0.25, 0.3) is 0 Å². The Hall–Kier alpha value is -0.520. The van der Waals surface area contributed by atoms with E-state index in [1.807, 2.05) is 5.57 Å². The summed E-state index contributed by atoms with van der Waals surface area (Å²) in [6, 6.07) is 0. The van der Waals surface area contributed by atoms with Crippen molar-refractivity contribution in [1.82, 2.24) is 0 Å². The van der Waals surface area contributed by atoms with Crippen LogP contribution in [0.5, 0.6) is 0 Å². The second kappa shape index (κ2) is 4.41. The Kier molecular flexibility index (Phi) is 2.89. The van der Waals surface area contributed by atoms with Gasteiger partial charge in [-0.1, -0.05) is 64.3 Å². The third-order valence-corrected chi connectivity index (χ3v) is 9.95. The van der Waals surface area contributed by atoms with Gasteiger partial charge in [-0.25, -0.2) is 0 Å². The van der Waals surface area contributed by atoms with Crippen molar-refractivity contribution in [1.29, 1.82) is 0 Å². The second-order valence-corrected chi connectivity index (χ2v) is 11.3. The molecule has 0 aromatic rings. The quantitative estimate of drug-likeness (QED) is 0.453. The minimum absolute atomic E-state index is 0.442. The molecule has 0 nitrogen and oxygen atoms in total. The van der Waals surface area contributed by atoms with Gasteiger partial charge in [-0.2, -0.15) is 0 Å². The van der Waals surface area contributed by atoms with E-state index in [0.29, 0.717) is 16.2 Å². The predicted molar refractivity (Wildman–Crippen MR) is 102 cm³/mol. The van der Waals surface area contributed by atoms with Crippen LogP contribution in [-0.4, -0.2) is 0 Å². The first-order valence-electron chi connectivity index (χ1n) is 10.7. The molecule has 2 spiro atoms. The van der Waals surface area contributed by atoms with Crippen LogP contribution in [0.3, 0.4) is 0 Å². The van der Waals surface area contributed by atoms with Crippen molar-refractivity contribution in [2.45, 2.75) is 85.5 Å². The molecule has 0 bridgehead atoms. The van der Waals surface area contributed by atoms with Crippen molar-refractivity contribution in [3.05, 3.63) is 23.8 Å². The normalized spacial score (nSPS) is 50.8. The zero-order chi connectivity index (χ0) is 17.0. The van der Waals surface area contributed by atoms with Gasteiger partial charge in [0.25, 0.3) is 0 Å². The van der Waals surface area contributed by atoms with Crippen molar-refractivity contribution in [2.24, 2.45) is 39.4 Å². The topological polar surface area (TPSA) is 0 Å². The summed E-state index contributed by atoms with van der Waals surface area (Å²) in [5.74, 6) is 2.45. The molecule has 0 unspecified atom stereocenters. The highest BCUT2D eigenvalue weighted by Crippen LogP contribution is 2.79. The largest absolute Gasteiger partial charge is 0.0955 e. The molecular formula is C24H36. The summed E-state index contributed by atoms with van der Waals surface area (Å²) in [7, 11) is 0. The van der Waals surface area contributed by atoms with E-state index in [0.717, 1.165) is 23.2 Å². The molecule has 5 aliphatic rings. The summed E-state index contributed by atoms with van der Waals surface area (Å²) >= 11 is 0. The van der Waals surface area contributed by atoms with E-state index in [9.17, 15) is 0 Å². The molecule has 24 heavy (non-hydrogen) atoms. The smallest absolute Gasteiger partial charge is 0.00424 e. The summed E-state index contributed by atoms with van der Waals surface area (Å²) in [4.78, 5) is 0. The lowest BCUT2D eigenvalue weighted by Crippen LogP contribution is -2.45. The fourth-order valence-corrected chi connectivity index (χ4v) is 8.66. The lowest BCUT2D eigenvalue weighted by Gasteiger charge is -2.54. The maximum absolute atomic E-state index is 4.55. The average molecular weight is 325 g/mol. The van der Waals surface area contributed by atoms with Crippen LogP contribution in [0.2, 0.25) is 0 Å². The molecule has 0 aliphatic heterocycles. The lowest BCUT2D eigenvalue weighted by molar-refractivity contribution is 0.0656. The van der Waals surface area contributed by atoms with Crippen LogP contribution < -0.4 is 0 Å². The van der Waals surface area contributed by atoms with Crippen LogP contribution in [0, 0.1) is 39.4 Å². The van der Waals surface area contributed by atoms with Crippen molar-refractivity contribution >= 4 is 0 Å². The van der Waals surface area contributed by atoms with E-state index >= 15 is 0 Å². The van der Waals surface area contributed by atoms with Crippen molar-refractivity contribution < 1.29 is 0 Å². The van der Waals surface area contributed by atoms with Crippen molar-refractivity contribution in [3.8, 4) is 0 Å². The third kappa shape index (κ3) is 1.67. The average Bonchev–Trinajstić information content (AvgIpc) is 2.90. The number of allylic oxidation sites excluding steroid dienone is 3. The highest BCUT2D eigenvalue weighted by atomic mass is 14.8. The highest BCUT2D eigenvalue weighted by Gasteiger charge is 2.72. The lowest BCUT2D eigenvalue weighted by atomic mass is 9.50. The summed E-state index contributed by atoms with van der Waals surface area (Å²) in [6.07, 6.45) is 16.1. The SMILES string of the molecule is C=C1C=C2[C@]3(CC[C@H](C)[C@@]2(C)[C@H]2[C@@H]1C2(C)C)CCC1(CCCC1)C3. The van der Waals surface area contributed by atoms with Crippen LogP contribution >= 0.6 is 0 Å². The highest BCUT2D eigenvalue weighted by molar-refractivity contribution is 5.47. The van der Waals surface area contributed by atoms with E-state index in [1.54, 1.807) is 0 Å². The Balaban J connectivity index is 1.59. The van der Waals surface area contributed by atoms with Gasteiger partial charge in [-0.15, -0.1) is 0 Å². The molecule has 0 amide bonds. The van der Waals surface area contributed by atoms with Gasteiger partial charge in [0.15, 0.2) is 0 Å². The third-order valence-electron chi connectivity index (χ3n) is 9.95. The zero-order valence-corrected chi connectivity index (χ0v) is 16.4. The van der Waals surface area contributed by atoms with E-state index < -0.39 is 0 Å². The summed E-state index contributed by atoms with van der Waals surface area (Å²) in [5.41, 5.74) is 5.52. The fraction of sp³-hybridized carbons (Fsp3) is 0.833. The minimum atomic E-state index is 0.442. The van der Waals surface area contributed by atoms with Gasteiger partial charge in [-0.05, 0) is 84.4 Å². The molecule has 132 valence electrons. The Labute approximate surface area is 149 Å². The Morgan fingerprint density at radius 2 is 1.71 bits per heavy atom. The summed E-state index contributed by atoms with van der Waals surface area (Å²) in [5, 5.41) is 0. The van der Waals surface area contributed by atoms with Gasteiger partial charge in [0.1, 0.15) is 0 Å². The van der Waals surface area contributed by atoms with Gasteiger partial charge >= 0.3 is 0 Å². The maximum atomic E-state index is 4.55. The first kappa shape index (κ1) is 15.7. The Bertz CT molecular complexity index is 628. The maximum Gasteiger partial charge on any atom is -0.00424 e. The molecule has 4 fully saturated rings. The predicted octanol–water partition coefficient (Wildman–Crippen LogP) is 6.92. The molecule has 0 radical (unpaired) electrons. The van der Waals surface area contributed by atoms with Crippen LogP contribution in [0.15, 0.2) is 23.8 Å². The van der Waals surface area contributed by atoms with E-state index in [-0.39, 0.29) is 0 Å². The first-order valence-corrected chi connectivity index (χ1v) is 10.7. The summed E-state index contributed by atoms with van der Waals surface area (Å²) in [6.45, 7) is 14.8. The van der Waals surface area contributed by atoms with Gasteiger partial charge in [0.2, 0.25) is 0 Å². The summed E-state index contributed by atoms with van der Waals surface area (Å²) < 4.78 is 0. The van der Waals surface area contributed by atoms with Crippen molar-refractivity contribution in [3.63, 3.8) is 0 Å². The molecule has 5 aliphatic carbocycles. The number of hydrogen-bond donors (Lipinski definition) is 0. The standard InChI is InChI=1S/C24H36/c1-16-14-18-22(5,20-19(16)21(20,3)4)17(2)8-11-24(18)13-12-23(15-24)9-6-7-10-23/h14,17,19-20H,1,6-13,15H2,2-5H3/t17-,19+,20-,22+,24+/m0/s1. The van der Waals surface area contributed by atoms with E-state index in [2.05, 4.69) is 40.3 Å². The van der Waals surface area contributed by atoms with Gasteiger partial charge < -0.3 is 0 Å². The molecule has 0 N–H and O–H groups in total. The molecule has 4 saturated carbocycles. The zero-order valence-electron chi connectivity index (χ0n) is 16.4. The Morgan fingerprint density at radius 1 is 1.00 bits per heavy atom. The van der Waals surface area contributed by atoms with Crippen LogP contribution in [0.4, 0.5) is 0 Å². The molecule has 0 heteroatoms. The molecule has 0 aromatic carbocycles. The molecule has 0 heterocycles. The molecule has 0 saturated heterocycles. The van der Waals surface area contributed by atoms with E-state index in [4.69, 9.17) is 0 Å². The number of rotatable bonds is 0. The van der Waals surface area contributed by atoms with Gasteiger partial charge in [-0.3, -0.25) is 0 Å². The first-order chi connectivity index (χ1) is 11.3. The molecular weight excluding hydrogens is 288 g/mol. The number of fused-ring (bicyclic) bond motifs is 4. The second-order valence-electron chi connectivity index (χ2n) is 11.3. The fourth-order valence-electron chi connectivity index (χ4n) is 8.66. The van der Waals surface area contributed by atoms with Crippen molar-refractivity contribution in [2.75, 3.05) is 0 Å².